The van der Waals surface area contributed by atoms with Crippen LogP contribution in [0.15, 0.2) is 18.2 Å². The number of halogens is 1. The lowest BCUT2D eigenvalue weighted by Gasteiger charge is -2.20. The summed E-state index contributed by atoms with van der Waals surface area (Å²) < 4.78 is 18.7. The molecule has 2 heterocycles. The molecule has 9 heteroatoms. The lowest BCUT2D eigenvalue weighted by atomic mass is 10.0. The molecule has 1 aliphatic rings. The quantitative estimate of drug-likeness (QED) is 0.571. The molecule has 0 radical (unpaired) electrons. The van der Waals surface area contributed by atoms with E-state index in [1.807, 2.05) is 6.92 Å². The van der Waals surface area contributed by atoms with Gasteiger partial charge in [-0.3, -0.25) is 9.59 Å². The second-order valence-corrected chi connectivity index (χ2v) is 7.40. The molecule has 0 unspecified atom stereocenters. The molecule has 0 saturated carbocycles. The van der Waals surface area contributed by atoms with Crippen LogP contribution in [0.5, 0.6) is 0 Å². The summed E-state index contributed by atoms with van der Waals surface area (Å²) >= 11 is 0. The first-order valence-corrected chi connectivity index (χ1v) is 10.5. The smallest absolute Gasteiger partial charge is 0.409 e. The summed E-state index contributed by atoms with van der Waals surface area (Å²) in [5, 5.41) is 5.53. The average Bonchev–Trinajstić information content (AvgIpc) is 3.20. The van der Waals surface area contributed by atoms with Crippen molar-refractivity contribution in [2.45, 2.75) is 27.7 Å². The van der Waals surface area contributed by atoms with Gasteiger partial charge in [0, 0.05) is 42.3 Å². The normalized spacial score (nSPS) is 13.7. The summed E-state index contributed by atoms with van der Waals surface area (Å²) in [5.41, 5.74) is 3.72. The summed E-state index contributed by atoms with van der Waals surface area (Å²) in [7, 11) is 0. The van der Waals surface area contributed by atoms with Crippen molar-refractivity contribution in [3.05, 3.63) is 52.1 Å². The van der Waals surface area contributed by atoms with Crippen LogP contribution in [0.2, 0.25) is 0 Å². The maximum atomic E-state index is 13.7. The molecule has 0 atom stereocenters. The van der Waals surface area contributed by atoms with Crippen LogP contribution in [-0.2, 0) is 9.53 Å². The van der Waals surface area contributed by atoms with Gasteiger partial charge in [-0.1, -0.05) is 0 Å². The van der Waals surface area contributed by atoms with E-state index in [1.165, 1.54) is 23.1 Å². The van der Waals surface area contributed by atoms with Crippen LogP contribution in [0.1, 0.15) is 46.7 Å². The van der Waals surface area contributed by atoms with Gasteiger partial charge in [0.2, 0.25) is 0 Å². The first kappa shape index (κ1) is 23.1. The molecule has 2 aromatic rings. The van der Waals surface area contributed by atoms with Gasteiger partial charge in [-0.25, -0.2) is 9.18 Å². The molecule has 1 aromatic heterocycles. The third-order valence-corrected chi connectivity index (χ3v) is 5.33. The summed E-state index contributed by atoms with van der Waals surface area (Å²) in [5.74, 6) is -1.06. The number of rotatable bonds is 7. The minimum absolute atomic E-state index is 0.265. The van der Waals surface area contributed by atoms with E-state index in [2.05, 4.69) is 15.6 Å². The number of anilines is 1. The molecular weight excluding hydrogens is 415 g/mol. The molecule has 0 saturated heterocycles. The highest BCUT2D eigenvalue weighted by molar-refractivity contribution is 6.34. The van der Waals surface area contributed by atoms with Crippen LogP contribution in [0.3, 0.4) is 0 Å². The molecule has 8 nitrogen and oxygen atoms in total. The Kier molecular flexibility index (Phi) is 6.97. The summed E-state index contributed by atoms with van der Waals surface area (Å²) in [4.78, 5) is 41.7. The number of aromatic amines is 1. The molecule has 1 aromatic carbocycles. The number of hydrogen-bond donors (Lipinski definition) is 3. The molecule has 170 valence electrons. The number of aryl methyl sites for hydroxylation is 1. The van der Waals surface area contributed by atoms with Gasteiger partial charge >= 0.3 is 6.09 Å². The molecule has 3 N–H and O–H groups in total. The zero-order chi connectivity index (χ0) is 23.4. The van der Waals surface area contributed by atoms with Crippen LogP contribution >= 0.6 is 0 Å². The molecule has 0 spiro atoms. The van der Waals surface area contributed by atoms with Crippen molar-refractivity contribution in [1.82, 2.24) is 15.2 Å². The highest BCUT2D eigenvalue weighted by atomic mass is 19.1. The van der Waals surface area contributed by atoms with Gasteiger partial charge in [-0.15, -0.1) is 0 Å². The number of benzene rings is 1. The Hall–Kier alpha value is -3.62. The molecule has 3 rings (SSSR count). The second-order valence-electron chi connectivity index (χ2n) is 7.40. The fourth-order valence-corrected chi connectivity index (χ4v) is 3.69. The van der Waals surface area contributed by atoms with Gasteiger partial charge in [0.25, 0.3) is 11.8 Å². The lowest BCUT2D eigenvalue weighted by molar-refractivity contribution is -0.110. The van der Waals surface area contributed by atoms with Crippen molar-refractivity contribution in [2.24, 2.45) is 0 Å². The van der Waals surface area contributed by atoms with Crippen molar-refractivity contribution < 1.29 is 23.5 Å². The minimum atomic E-state index is -0.436. The zero-order valence-corrected chi connectivity index (χ0v) is 18.6. The van der Waals surface area contributed by atoms with Crippen molar-refractivity contribution in [1.29, 1.82) is 0 Å². The maximum absolute atomic E-state index is 13.7. The van der Waals surface area contributed by atoms with Crippen molar-refractivity contribution in [3.63, 3.8) is 0 Å². The predicted molar refractivity (Wildman–Crippen MR) is 120 cm³/mol. The standard InChI is InChI=1S/C23H27FN4O4/c1-5-28(23(31)32-6-2)10-9-25-22(30)20-13(3)19(26-14(20)4)12-17-16-11-15(24)7-8-18(16)27-21(17)29/h7-8,11-12,26H,5-6,9-10H2,1-4H3,(H,25,30)(H,27,29)/b17-12-. The van der Waals surface area contributed by atoms with Crippen molar-refractivity contribution in [2.75, 3.05) is 31.6 Å². The monoisotopic (exact) mass is 442 g/mol. The van der Waals surface area contributed by atoms with Crippen LogP contribution in [-0.4, -0.2) is 54.0 Å². The Morgan fingerprint density at radius 3 is 2.69 bits per heavy atom. The molecular formula is C23H27FN4O4. The van der Waals surface area contributed by atoms with E-state index in [9.17, 15) is 18.8 Å². The Bertz CT molecular complexity index is 1090. The molecule has 32 heavy (non-hydrogen) atoms. The summed E-state index contributed by atoms with van der Waals surface area (Å²) in [6, 6.07) is 4.11. The number of hydrogen-bond acceptors (Lipinski definition) is 4. The van der Waals surface area contributed by atoms with E-state index in [1.54, 1.807) is 26.8 Å². The zero-order valence-electron chi connectivity index (χ0n) is 18.6. The highest BCUT2D eigenvalue weighted by Gasteiger charge is 2.26. The Morgan fingerprint density at radius 2 is 2.00 bits per heavy atom. The van der Waals surface area contributed by atoms with Gasteiger partial charge < -0.3 is 25.3 Å². The number of likely N-dealkylation sites (N-methyl/N-ethyl adjacent to an activating group) is 1. The lowest BCUT2D eigenvalue weighted by Crippen LogP contribution is -2.39. The van der Waals surface area contributed by atoms with Crippen molar-refractivity contribution >= 4 is 35.2 Å². The number of ether oxygens (including phenoxy) is 1. The fraction of sp³-hybridized carbons (Fsp3) is 0.348. The van der Waals surface area contributed by atoms with Crippen LogP contribution in [0, 0.1) is 19.7 Å². The van der Waals surface area contributed by atoms with E-state index in [-0.39, 0.29) is 25.0 Å². The van der Waals surface area contributed by atoms with Gasteiger partial charge in [0.1, 0.15) is 5.82 Å². The number of H-pyrrole nitrogens is 1. The first-order valence-electron chi connectivity index (χ1n) is 10.5. The maximum Gasteiger partial charge on any atom is 0.409 e. The molecule has 3 amide bonds. The van der Waals surface area contributed by atoms with Crippen LogP contribution in [0.25, 0.3) is 11.6 Å². The average molecular weight is 442 g/mol. The van der Waals surface area contributed by atoms with Gasteiger partial charge in [-0.2, -0.15) is 0 Å². The number of carbonyl (C=O) groups is 3. The number of nitrogens with zero attached hydrogens (tertiary/aromatic N) is 1. The molecule has 1 aliphatic heterocycles. The summed E-state index contributed by atoms with van der Waals surface area (Å²) in [6.07, 6.45) is 1.21. The van der Waals surface area contributed by atoms with E-state index >= 15 is 0 Å². The number of fused-ring (bicyclic) bond motifs is 1. The molecule has 0 fully saturated rings. The molecule has 0 bridgehead atoms. The number of aromatic nitrogens is 1. The number of nitrogens with one attached hydrogen (secondary N) is 3. The number of carbonyl (C=O) groups excluding carboxylic acids is 3. The van der Waals surface area contributed by atoms with E-state index in [4.69, 9.17) is 4.74 Å². The Morgan fingerprint density at radius 1 is 1.25 bits per heavy atom. The van der Waals surface area contributed by atoms with E-state index in [0.29, 0.717) is 52.4 Å². The Balaban J connectivity index is 1.76. The van der Waals surface area contributed by atoms with Crippen LogP contribution in [0.4, 0.5) is 14.9 Å². The fourth-order valence-electron chi connectivity index (χ4n) is 3.69. The third kappa shape index (κ3) is 4.66. The Labute approximate surface area is 185 Å². The van der Waals surface area contributed by atoms with E-state index < -0.39 is 11.9 Å². The van der Waals surface area contributed by atoms with Crippen molar-refractivity contribution in [3.8, 4) is 0 Å². The minimum Gasteiger partial charge on any atom is -0.450 e. The largest absolute Gasteiger partial charge is 0.450 e. The third-order valence-electron chi connectivity index (χ3n) is 5.33. The van der Waals surface area contributed by atoms with E-state index in [0.717, 1.165) is 0 Å². The topological polar surface area (TPSA) is 104 Å². The predicted octanol–water partition coefficient (Wildman–Crippen LogP) is 3.47. The second kappa shape index (κ2) is 9.67. The van der Waals surface area contributed by atoms with Gasteiger partial charge in [-0.05, 0) is 57.5 Å². The first-order chi connectivity index (χ1) is 15.3. The summed E-state index contributed by atoms with van der Waals surface area (Å²) in [6.45, 7) is 8.47. The van der Waals surface area contributed by atoms with Crippen LogP contribution < -0.4 is 10.6 Å². The highest BCUT2D eigenvalue weighted by Crippen LogP contribution is 2.34. The SMILES string of the molecule is CCOC(=O)N(CC)CCNC(=O)c1c(C)[nH]c(/C=C2\C(=O)Nc3ccc(F)cc32)c1C. The van der Waals surface area contributed by atoms with Gasteiger partial charge in [0.05, 0.1) is 17.7 Å². The number of amides is 3. The van der Waals surface area contributed by atoms with Gasteiger partial charge in [0.15, 0.2) is 0 Å². The molecule has 0 aliphatic carbocycles.